The topological polar surface area (TPSA) is 0 Å². The van der Waals surface area contributed by atoms with Crippen molar-refractivity contribution < 1.29 is 0 Å². The smallest absolute Gasteiger partial charge is 0.0671 e. The van der Waals surface area contributed by atoms with E-state index in [1.54, 1.807) is 0 Å². The highest BCUT2D eigenvalue weighted by molar-refractivity contribution is 6.71. The van der Waals surface area contributed by atoms with Crippen LogP contribution < -0.4 is 10.4 Å². The molecule has 2 heteroatoms. The molecule has 0 saturated heterocycles. The molecule has 0 heterocycles. The van der Waals surface area contributed by atoms with Crippen molar-refractivity contribution >= 4 is 49.5 Å². The fraction of sp³-hybridized carbons (Fsp3) is 0.222. The minimum absolute atomic E-state index is 0.369. The van der Waals surface area contributed by atoms with E-state index in [2.05, 4.69) is 74.7 Å². The second kappa shape index (κ2) is 5.19. The zero-order chi connectivity index (χ0) is 14.3. The third kappa shape index (κ3) is 2.46. The Balaban J connectivity index is 2.22. The van der Waals surface area contributed by atoms with E-state index in [1.165, 1.54) is 31.9 Å². The second-order valence-corrected chi connectivity index (χ2v) is 11.1. The van der Waals surface area contributed by atoms with E-state index >= 15 is 0 Å². The van der Waals surface area contributed by atoms with Gasteiger partial charge in [0.15, 0.2) is 0 Å². The van der Waals surface area contributed by atoms with E-state index in [0.29, 0.717) is 0 Å². The van der Waals surface area contributed by atoms with Gasteiger partial charge in [-0.3, -0.25) is 0 Å². The maximum atomic E-state index is 2.38. The normalized spacial score (nSPS) is 11.9. The van der Waals surface area contributed by atoms with Gasteiger partial charge in [-0.2, -0.15) is 0 Å². The monoisotopic (exact) mass is 292 g/mol. The van der Waals surface area contributed by atoms with Crippen LogP contribution in [0.15, 0.2) is 48.5 Å². The van der Waals surface area contributed by atoms with Crippen molar-refractivity contribution in [3.63, 3.8) is 0 Å². The summed E-state index contributed by atoms with van der Waals surface area (Å²) in [6, 6.07) is 18.7. The van der Waals surface area contributed by atoms with Crippen LogP contribution in [0.5, 0.6) is 0 Å². The summed E-state index contributed by atoms with van der Waals surface area (Å²) in [6.45, 7) is 9.41. The van der Waals surface area contributed by atoms with Gasteiger partial charge in [0.25, 0.3) is 0 Å². The minimum Gasteiger partial charge on any atom is -0.0671 e. The summed E-state index contributed by atoms with van der Waals surface area (Å²) in [5.41, 5.74) is 0. The van der Waals surface area contributed by atoms with Crippen molar-refractivity contribution in [2.75, 3.05) is 0 Å². The zero-order valence-corrected chi connectivity index (χ0v) is 14.6. The van der Waals surface area contributed by atoms with Crippen molar-refractivity contribution in [1.29, 1.82) is 0 Å². The lowest BCUT2D eigenvalue weighted by Gasteiger charge is -2.09. The molecular weight excluding hydrogens is 272 g/mol. The fourth-order valence-corrected chi connectivity index (χ4v) is 4.34. The maximum Gasteiger partial charge on any atom is 0.0791 e. The van der Waals surface area contributed by atoms with Crippen molar-refractivity contribution in [3.05, 3.63) is 48.5 Å². The molecule has 0 saturated carbocycles. The Morgan fingerprint density at radius 2 is 0.900 bits per heavy atom. The van der Waals surface area contributed by atoms with Crippen LogP contribution in [0.4, 0.5) is 0 Å². The molecule has 0 unspecified atom stereocenters. The van der Waals surface area contributed by atoms with E-state index in [9.17, 15) is 0 Å². The summed E-state index contributed by atoms with van der Waals surface area (Å²) >= 11 is 0. The van der Waals surface area contributed by atoms with Crippen molar-refractivity contribution in [3.8, 4) is 0 Å². The molecule has 100 valence electrons. The van der Waals surface area contributed by atoms with Gasteiger partial charge >= 0.3 is 0 Å². The Kier molecular flexibility index (Phi) is 3.52. The quantitative estimate of drug-likeness (QED) is 0.496. The van der Waals surface area contributed by atoms with Gasteiger partial charge in [-0.15, -0.1) is 0 Å². The van der Waals surface area contributed by atoms with E-state index in [0.717, 1.165) is 0 Å². The van der Waals surface area contributed by atoms with Crippen molar-refractivity contribution in [2.45, 2.75) is 26.2 Å². The Bertz CT molecular complexity index is 705. The van der Waals surface area contributed by atoms with Gasteiger partial charge in [0.05, 0.1) is 17.6 Å². The summed E-state index contributed by atoms with van der Waals surface area (Å²) in [4.78, 5) is 0. The van der Waals surface area contributed by atoms with E-state index < -0.39 is 0 Å². The van der Waals surface area contributed by atoms with Crippen molar-refractivity contribution in [2.24, 2.45) is 0 Å². The minimum atomic E-state index is -0.369. The van der Waals surface area contributed by atoms with Gasteiger partial charge in [0.1, 0.15) is 0 Å². The lowest BCUT2D eigenvalue weighted by molar-refractivity contribution is 1.78. The largest absolute Gasteiger partial charge is 0.0791 e. The van der Waals surface area contributed by atoms with Crippen molar-refractivity contribution in [1.82, 2.24) is 0 Å². The Morgan fingerprint density at radius 3 is 1.25 bits per heavy atom. The molecule has 0 amide bonds. The SMILES string of the molecule is C[Si](C)c1ccc2cc3cc([Si](C)C)ccc3cc2c1. The molecule has 20 heavy (non-hydrogen) atoms. The highest BCUT2D eigenvalue weighted by Crippen LogP contribution is 2.21. The summed E-state index contributed by atoms with van der Waals surface area (Å²) < 4.78 is 0. The van der Waals surface area contributed by atoms with E-state index in [1.807, 2.05) is 0 Å². The molecule has 0 N–H and O–H groups in total. The maximum absolute atomic E-state index is 2.38. The van der Waals surface area contributed by atoms with Crippen LogP contribution in [0, 0.1) is 0 Å². The van der Waals surface area contributed by atoms with Crippen LogP contribution in [-0.2, 0) is 0 Å². The standard InChI is InChI=1S/C18H20Si2/c1-19(2)17-7-5-13-10-16-12-18(20(3)4)8-6-14(16)9-15(13)11-17/h5-12H,1-4H3. The van der Waals surface area contributed by atoms with E-state index in [4.69, 9.17) is 0 Å². The predicted molar refractivity (Wildman–Crippen MR) is 95.7 cm³/mol. The number of rotatable bonds is 2. The van der Waals surface area contributed by atoms with Crippen LogP contribution in [0.1, 0.15) is 0 Å². The number of fused-ring (bicyclic) bond motifs is 2. The molecule has 0 spiro atoms. The second-order valence-electron chi connectivity index (χ2n) is 5.98. The first-order valence-electron chi connectivity index (χ1n) is 7.13. The number of benzene rings is 3. The average molecular weight is 293 g/mol. The van der Waals surface area contributed by atoms with Crippen LogP contribution in [0.2, 0.25) is 26.2 Å². The van der Waals surface area contributed by atoms with Gasteiger partial charge in [-0.05, 0) is 33.7 Å². The Morgan fingerprint density at radius 1 is 0.500 bits per heavy atom. The van der Waals surface area contributed by atoms with Crippen LogP contribution in [0.25, 0.3) is 21.5 Å². The highest BCUT2D eigenvalue weighted by atomic mass is 28.3. The van der Waals surface area contributed by atoms with Gasteiger partial charge in [-0.1, -0.05) is 73.0 Å². The zero-order valence-electron chi connectivity index (χ0n) is 12.6. The molecule has 3 aromatic carbocycles. The summed E-state index contributed by atoms with van der Waals surface area (Å²) in [6.07, 6.45) is 0. The predicted octanol–water partition coefficient (Wildman–Crippen LogP) is 3.92. The first-order valence-corrected chi connectivity index (χ1v) is 12.1. The van der Waals surface area contributed by atoms with Crippen LogP contribution >= 0.6 is 0 Å². The molecule has 2 radical (unpaired) electrons. The summed E-state index contributed by atoms with van der Waals surface area (Å²) in [7, 11) is -0.738. The molecule has 3 aromatic rings. The molecule has 0 atom stereocenters. The van der Waals surface area contributed by atoms with Gasteiger partial charge < -0.3 is 0 Å². The highest BCUT2D eigenvalue weighted by Gasteiger charge is 2.06. The third-order valence-corrected chi connectivity index (χ3v) is 6.88. The molecule has 3 rings (SSSR count). The van der Waals surface area contributed by atoms with Gasteiger partial charge in [-0.25, -0.2) is 0 Å². The number of hydrogen-bond donors (Lipinski definition) is 0. The summed E-state index contributed by atoms with van der Waals surface area (Å²) in [5.74, 6) is 0. The molecule has 0 aliphatic carbocycles. The lowest BCUT2D eigenvalue weighted by atomic mass is 10.0. The van der Waals surface area contributed by atoms with Gasteiger partial charge in [0, 0.05) is 0 Å². The molecule has 0 aromatic heterocycles. The van der Waals surface area contributed by atoms with Gasteiger partial charge in [0.2, 0.25) is 0 Å². The Hall–Kier alpha value is -1.39. The first-order chi connectivity index (χ1) is 9.54. The number of hydrogen-bond acceptors (Lipinski definition) is 0. The van der Waals surface area contributed by atoms with Crippen LogP contribution in [0.3, 0.4) is 0 Å². The molecular formula is C18H20Si2. The molecule has 0 aliphatic rings. The fourth-order valence-electron chi connectivity index (χ4n) is 2.62. The molecule has 0 fully saturated rings. The summed E-state index contributed by atoms with van der Waals surface area (Å²) in [5, 5.41) is 8.53. The van der Waals surface area contributed by atoms with E-state index in [-0.39, 0.29) is 17.6 Å². The first kappa shape index (κ1) is 13.6. The Labute approximate surface area is 124 Å². The molecule has 0 aliphatic heterocycles. The lowest BCUT2D eigenvalue weighted by Crippen LogP contribution is -2.22. The third-order valence-electron chi connectivity index (χ3n) is 3.95. The molecule has 0 nitrogen and oxygen atoms in total. The van der Waals surface area contributed by atoms with Crippen LogP contribution in [-0.4, -0.2) is 17.6 Å². The average Bonchev–Trinajstić information content (AvgIpc) is 2.43. The molecule has 0 bridgehead atoms.